The average molecular weight is 409 g/mol. The second kappa shape index (κ2) is 8.39. The summed E-state index contributed by atoms with van der Waals surface area (Å²) in [7, 11) is 4.24. The lowest BCUT2D eigenvalue weighted by atomic mass is 10.0. The Bertz CT molecular complexity index is 1020. The first kappa shape index (κ1) is 20.3. The molecule has 0 bridgehead atoms. The van der Waals surface area contributed by atoms with E-state index in [1.165, 1.54) is 12.7 Å². The first-order chi connectivity index (χ1) is 14.4. The van der Waals surface area contributed by atoms with Crippen molar-refractivity contribution < 1.29 is 9.21 Å². The predicted octanol–water partition coefficient (Wildman–Crippen LogP) is 3.10. The number of pyridine rings is 1. The SMILES string of the molecule is CC(=O)Cc1cc(-c2cc(-c3ncn[nH]3)c(N3CCCC(N(C)C)C3)o2)c(C)cn1. The van der Waals surface area contributed by atoms with Crippen LogP contribution in [0.1, 0.15) is 31.0 Å². The Morgan fingerprint density at radius 2 is 2.13 bits per heavy atom. The van der Waals surface area contributed by atoms with Gasteiger partial charge in [0.2, 0.25) is 5.88 Å². The van der Waals surface area contributed by atoms with E-state index in [1.807, 2.05) is 19.1 Å². The molecule has 0 radical (unpaired) electrons. The number of nitrogens with one attached hydrogen (secondary N) is 1. The van der Waals surface area contributed by atoms with E-state index in [0.717, 1.165) is 53.5 Å². The third-order valence-electron chi connectivity index (χ3n) is 5.65. The zero-order valence-electron chi connectivity index (χ0n) is 18.0. The summed E-state index contributed by atoms with van der Waals surface area (Å²) in [5.41, 5.74) is 3.57. The van der Waals surface area contributed by atoms with Gasteiger partial charge >= 0.3 is 0 Å². The highest BCUT2D eigenvalue weighted by atomic mass is 16.4. The Balaban J connectivity index is 1.76. The number of H-pyrrole nitrogens is 1. The van der Waals surface area contributed by atoms with Gasteiger partial charge in [-0.2, -0.15) is 5.10 Å². The normalized spacial score (nSPS) is 17.0. The molecule has 0 aliphatic carbocycles. The number of likely N-dealkylation sites (N-methyl/N-ethyl adjacent to an activating group) is 1. The molecule has 0 saturated carbocycles. The minimum absolute atomic E-state index is 0.0860. The molecule has 30 heavy (non-hydrogen) atoms. The number of rotatable bonds is 6. The molecule has 1 unspecified atom stereocenters. The Morgan fingerprint density at radius 3 is 2.83 bits per heavy atom. The van der Waals surface area contributed by atoms with Gasteiger partial charge in [0.25, 0.3) is 0 Å². The molecule has 1 aliphatic heterocycles. The number of anilines is 1. The second-order valence-electron chi connectivity index (χ2n) is 8.24. The number of hydrogen-bond acceptors (Lipinski definition) is 7. The fourth-order valence-electron chi connectivity index (χ4n) is 4.00. The minimum Gasteiger partial charge on any atom is -0.440 e. The van der Waals surface area contributed by atoms with Crippen LogP contribution < -0.4 is 4.90 Å². The van der Waals surface area contributed by atoms with Crippen LogP contribution in [0.15, 0.2) is 29.1 Å². The molecule has 8 heteroatoms. The lowest BCUT2D eigenvalue weighted by molar-refractivity contribution is -0.116. The van der Waals surface area contributed by atoms with Gasteiger partial charge in [-0.05, 0) is 58.5 Å². The summed E-state index contributed by atoms with van der Waals surface area (Å²) in [6, 6.07) is 4.43. The first-order valence-corrected chi connectivity index (χ1v) is 10.3. The summed E-state index contributed by atoms with van der Waals surface area (Å²) in [6.07, 6.45) is 5.89. The summed E-state index contributed by atoms with van der Waals surface area (Å²) in [6.45, 7) is 5.40. The fourth-order valence-corrected chi connectivity index (χ4v) is 4.00. The number of Topliss-reactive ketones (excluding diaryl/α,β-unsaturated/α-hetero) is 1. The molecule has 0 aromatic carbocycles. The zero-order valence-corrected chi connectivity index (χ0v) is 18.0. The maximum absolute atomic E-state index is 11.6. The van der Waals surface area contributed by atoms with E-state index in [4.69, 9.17) is 4.42 Å². The van der Waals surface area contributed by atoms with Crippen molar-refractivity contribution in [2.24, 2.45) is 0 Å². The van der Waals surface area contributed by atoms with E-state index in [1.54, 1.807) is 13.1 Å². The van der Waals surface area contributed by atoms with E-state index in [0.29, 0.717) is 18.3 Å². The van der Waals surface area contributed by atoms with Crippen molar-refractivity contribution in [1.82, 2.24) is 25.1 Å². The van der Waals surface area contributed by atoms with Crippen LogP contribution in [0, 0.1) is 6.92 Å². The van der Waals surface area contributed by atoms with Crippen LogP contribution >= 0.6 is 0 Å². The van der Waals surface area contributed by atoms with Crippen LogP contribution in [0.4, 0.5) is 5.88 Å². The van der Waals surface area contributed by atoms with Crippen molar-refractivity contribution in [3.8, 4) is 22.7 Å². The zero-order chi connectivity index (χ0) is 21.3. The summed E-state index contributed by atoms with van der Waals surface area (Å²) in [5.74, 6) is 2.32. The van der Waals surface area contributed by atoms with E-state index in [-0.39, 0.29) is 5.78 Å². The van der Waals surface area contributed by atoms with Crippen LogP contribution in [0.25, 0.3) is 22.7 Å². The lowest BCUT2D eigenvalue weighted by Crippen LogP contribution is -2.45. The number of furan rings is 1. The van der Waals surface area contributed by atoms with Crippen molar-refractivity contribution >= 4 is 11.7 Å². The number of nitrogens with zero attached hydrogens (tertiary/aromatic N) is 5. The van der Waals surface area contributed by atoms with Gasteiger partial charge in [0.1, 0.15) is 17.9 Å². The number of piperidine rings is 1. The van der Waals surface area contributed by atoms with Crippen LogP contribution in [0.2, 0.25) is 0 Å². The molecule has 0 spiro atoms. The largest absolute Gasteiger partial charge is 0.440 e. The summed E-state index contributed by atoms with van der Waals surface area (Å²) in [4.78, 5) is 24.9. The smallest absolute Gasteiger partial charge is 0.207 e. The average Bonchev–Trinajstić information content (AvgIpc) is 3.39. The van der Waals surface area contributed by atoms with Crippen molar-refractivity contribution in [3.63, 3.8) is 0 Å². The molecule has 3 aromatic heterocycles. The molecule has 158 valence electrons. The van der Waals surface area contributed by atoms with Gasteiger partial charge in [0, 0.05) is 43.0 Å². The third-order valence-corrected chi connectivity index (χ3v) is 5.65. The minimum atomic E-state index is 0.0860. The van der Waals surface area contributed by atoms with E-state index < -0.39 is 0 Å². The molecule has 1 saturated heterocycles. The number of ketones is 1. The van der Waals surface area contributed by atoms with E-state index >= 15 is 0 Å². The molecule has 1 N–H and O–H groups in total. The van der Waals surface area contributed by atoms with Gasteiger partial charge in [-0.3, -0.25) is 14.9 Å². The van der Waals surface area contributed by atoms with Gasteiger partial charge in [-0.1, -0.05) is 0 Å². The van der Waals surface area contributed by atoms with Crippen LogP contribution in [-0.4, -0.2) is 64.1 Å². The molecule has 4 heterocycles. The molecular formula is C22H28N6O2. The van der Waals surface area contributed by atoms with Crippen LogP contribution in [0.3, 0.4) is 0 Å². The number of aryl methyl sites for hydroxylation is 1. The van der Waals surface area contributed by atoms with Crippen molar-refractivity contribution in [2.75, 3.05) is 32.1 Å². The van der Waals surface area contributed by atoms with Gasteiger partial charge < -0.3 is 14.2 Å². The Kier molecular flexibility index (Phi) is 5.67. The number of aromatic amines is 1. The van der Waals surface area contributed by atoms with Crippen molar-refractivity contribution in [3.05, 3.63) is 35.9 Å². The standard InChI is InChI=1S/C22H28N6O2/c1-14-11-23-16(8-15(2)29)9-18(14)20-10-19(21-24-13-25-26-21)22(30-20)28-7-5-6-17(12-28)27(3)4/h9-11,13,17H,5-8,12H2,1-4H3,(H,24,25,26). The number of carbonyl (C=O) groups is 1. The summed E-state index contributed by atoms with van der Waals surface area (Å²) in [5, 5.41) is 6.99. The summed E-state index contributed by atoms with van der Waals surface area (Å²) >= 11 is 0. The predicted molar refractivity (Wildman–Crippen MR) is 115 cm³/mol. The second-order valence-corrected chi connectivity index (χ2v) is 8.24. The topological polar surface area (TPSA) is 91.2 Å². The Morgan fingerprint density at radius 1 is 1.30 bits per heavy atom. The molecule has 0 amide bonds. The Labute approximate surface area is 176 Å². The quantitative estimate of drug-likeness (QED) is 0.670. The molecule has 3 aromatic rings. The van der Waals surface area contributed by atoms with Crippen LogP contribution in [-0.2, 0) is 11.2 Å². The van der Waals surface area contributed by atoms with E-state index in [2.05, 4.69) is 44.1 Å². The highest BCUT2D eigenvalue weighted by molar-refractivity contribution is 5.80. The lowest BCUT2D eigenvalue weighted by Gasteiger charge is -2.36. The fraction of sp³-hybridized carbons (Fsp3) is 0.455. The number of carbonyl (C=O) groups excluding carboxylic acids is 1. The van der Waals surface area contributed by atoms with Crippen molar-refractivity contribution in [1.29, 1.82) is 0 Å². The third kappa shape index (κ3) is 4.14. The van der Waals surface area contributed by atoms with Gasteiger partial charge in [-0.15, -0.1) is 0 Å². The summed E-state index contributed by atoms with van der Waals surface area (Å²) < 4.78 is 6.44. The van der Waals surface area contributed by atoms with Crippen molar-refractivity contribution in [2.45, 2.75) is 39.2 Å². The molecule has 8 nitrogen and oxygen atoms in total. The van der Waals surface area contributed by atoms with Crippen LogP contribution in [0.5, 0.6) is 0 Å². The number of aromatic nitrogens is 4. The number of hydrogen-bond donors (Lipinski definition) is 1. The first-order valence-electron chi connectivity index (χ1n) is 10.3. The monoisotopic (exact) mass is 408 g/mol. The molecule has 4 rings (SSSR count). The molecule has 1 aliphatic rings. The molecule has 1 fully saturated rings. The molecular weight excluding hydrogens is 380 g/mol. The van der Waals surface area contributed by atoms with Gasteiger partial charge in [-0.25, -0.2) is 4.98 Å². The van der Waals surface area contributed by atoms with Gasteiger partial charge in [0.15, 0.2) is 5.82 Å². The molecule has 1 atom stereocenters. The van der Waals surface area contributed by atoms with E-state index in [9.17, 15) is 4.79 Å². The maximum atomic E-state index is 11.6. The maximum Gasteiger partial charge on any atom is 0.207 e. The van der Waals surface area contributed by atoms with Gasteiger partial charge in [0.05, 0.1) is 5.56 Å². The Hall–Kier alpha value is -3.00. The highest BCUT2D eigenvalue weighted by Gasteiger charge is 2.28. The highest BCUT2D eigenvalue weighted by Crippen LogP contribution is 2.39.